The van der Waals surface area contributed by atoms with Gasteiger partial charge >= 0.3 is 0 Å². The van der Waals surface area contributed by atoms with Gasteiger partial charge in [-0.15, -0.1) is 0 Å². The van der Waals surface area contributed by atoms with Gasteiger partial charge in [0.1, 0.15) is 5.66 Å². The summed E-state index contributed by atoms with van der Waals surface area (Å²) in [5.74, 6) is 0. The van der Waals surface area contributed by atoms with Gasteiger partial charge in [-0.05, 0) is 38.1 Å². The normalized spacial score (nSPS) is 16.1. The second-order valence-corrected chi connectivity index (χ2v) is 5.21. The summed E-state index contributed by atoms with van der Waals surface area (Å²) in [7, 11) is 0. The Morgan fingerprint density at radius 1 is 0.789 bits per heavy atom. The number of nitrogens with zero attached hydrogens (tertiary/aromatic N) is 4. The van der Waals surface area contributed by atoms with E-state index in [0.717, 1.165) is 32.5 Å². The molecule has 0 bridgehead atoms. The molecule has 0 spiro atoms. The Balaban J connectivity index is 2.43. The molecule has 3 heterocycles. The molecule has 0 unspecified atom stereocenters. The lowest BCUT2D eigenvalue weighted by atomic mass is 10.1. The lowest BCUT2D eigenvalue weighted by molar-refractivity contribution is 0.549. The molecular weight excluding hydrogens is 236 g/mol. The molecule has 0 saturated carbocycles. The predicted octanol–water partition coefficient (Wildman–Crippen LogP) is 1.77. The maximum Gasteiger partial charge on any atom is 0.146 e. The molecule has 4 nitrogen and oxygen atoms in total. The Morgan fingerprint density at radius 3 is 1.74 bits per heavy atom. The first-order chi connectivity index (χ1) is 9.16. The Labute approximate surface area is 109 Å². The van der Waals surface area contributed by atoms with Crippen molar-refractivity contribution in [1.82, 2.24) is 9.97 Å². The van der Waals surface area contributed by atoms with Crippen LogP contribution in [0.3, 0.4) is 0 Å². The number of hydrogen-bond donors (Lipinski definition) is 0. The van der Waals surface area contributed by atoms with E-state index in [0.29, 0.717) is 0 Å². The van der Waals surface area contributed by atoms with Crippen molar-refractivity contribution in [2.24, 2.45) is 9.98 Å². The first kappa shape index (κ1) is 10.6. The number of fused-ring (bicyclic) bond motifs is 6. The van der Waals surface area contributed by atoms with Crippen LogP contribution >= 0.6 is 0 Å². The summed E-state index contributed by atoms with van der Waals surface area (Å²) >= 11 is 0. The number of hydrogen-bond acceptors (Lipinski definition) is 4. The van der Waals surface area contributed by atoms with Gasteiger partial charge in [-0.2, -0.15) is 0 Å². The van der Waals surface area contributed by atoms with Gasteiger partial charge in [0.05, 0.1) is 21.7 Å². The van der Waals surface area contributed by atoms with Gasteiger partial charge in [0.15, 0.2) is 0 Å². The molecule has 0 N–H and O–H groups in total. The highest BCUT2D eigenvalue weighted by atomic mass is 15.1. The predicted molar refractivity (Wildman–Crippen MR) is 73.4 cm³/mol. The smallest absolute Gasteiger partial charge is 0.146 e. The van der Waals surface area contributed by atoms with Crippen LogP contribution in [0.15, 0.2) is 46.6 Å². The zero-order valence-corrected chi connectivity index (χ0v) is 10.8. The molecule has 0 saturated heterocycles. The van der Waals surface area contributed by atoms with E-state index in [2.05, 4.69) is 9.97 Å². The summed E-state index contributed by atoms with van der Waals surface area (Å²) in [6.45, 7) is 4.02. The van der Waals surface area contributed by atoms with Crippen LogP contribution in [0, 0.1) is 0 Å². The number of rotatable bonds is 0. The third kappa shape index (κ3) is 1.40. The molecule has 0 fully saturated rings. The van der Waals surface area contributed by atoms with Crippen molar-refractivity contribution >= 4 is 21.8 Å². The molecular formula is C15H12N4. The molecule has 1 aliphatic rings. The average Bonchev–Trinajstić information content (AvgIpc) is 2.75. The highest BCUT2D eigenvalue weighted by Crippen LogP contribution is 2.19. The van der Waals surface area contributed by atoms with Crippen LogP contribution in [0.5, 0.6) is 0 Å². The number of benzene rings is 1. The van der Waals surface area contributed by atoms with Gasteiger partial charge in [-0.3, -0.25) is 20.0 Å². The first-order valence-electron chi connectivity index (χ1n) is 6.27. The molecule has 1 aromatic carbocycles. The molecule has 0 aliphatic carbocycles. The molecule has 0 radical (unpaired) electrons. The van der Waals surface area contributed by atoms with E-state index in [1.54, 1.807) is 12.4 Å². The van der Waals surface area contributed by atoms with Crippen molar-refractivity contribution < 1.29 is 0 Å². The summed E-state index contributed by atoms with van der Waals surface area (Å²) in [6.07, 6.45) is 3.58. The summed E-state index contributed by atoms with van der Waals surface area (Å²) in [5, 5.41) is 3.93. The van der Waals surface area contributed by atoms with Crippen LogP contribution in [-0.4, -0.2) is 15.6 Å². The van der Waals surface area contributed by atoms with Crippen LogP contribution in [0.1, 0.15) is 13.8 Å². The summed E-state index contributed by atoms with van der Waals surface area (Å²) < 4.78 is 0. The Bertz CT molecular complexity index is 865. The van der Waals surface area contributed by atoms with E-state index in [4.69, 9.17) is 9.98 Å². The SMILES string of the molecule is CC1(C)N=c2c(c3cccnc3c3ncccc23)=N1. The van der Waals surface area contributed by atoms with Crippen LogP contribution in [-0.2, 0) is 0 Å². The highest BCUT2D eigenvalue weighted by Gasteiger charge is 2.21. The van der Waals surface area contributed by atoms with E-state index < -0.39 is 5.66 Å². The molecule has 2 aromatic heterocycles. The fourth-order valence-electron chi connectivity index (χ4n) is 2.62. The Morgan fingerprint density at radius 2 is 1.26 bits per heavy atom. The first-order valence-corrected chi connectivity index (χ1v) is 6.27. The minimum absolute atomic E-state index is 0.408. The second-order valence-electron chi connectivity index (χ2n) is 5.21. The van der Waals surface area contributed by atoms with E-state index in [1.165, 1.54) is 0 Å². The molecule has 4 heteroatoms. The van der Waals surface area contributed by atoms with Crippen LogP contribution in [0.25, 0.3) is 21.8 Å². The van der Waals surface area contributed by atoms with Crippen molar-refractivity contribution in [3.8, 4) is 0 Å². The van der Waals surface area contributed by atoms with Crippen LogP contribution in [0.2, 0.25) is 0 Å². The minimum Gasteiger partial charge on any atom is -0.254 e. The van der Waals surface area contributed by atoms with Gasteiger partial charge in [-0.1, -0.05) is 0 Å². The lowest BCUT2D eigenvalue weighted by Crippen LogP contribution is -2.24. The largest absolute Gasteiger partial charge is 0.254 e. The standard InChI is InChI=1S/C15H12N4/c1-15(2)18-13-9-5-3-7-16-11(9)12-10(14(13)19-15)6-4-8-17-12/h3-8H,1-2H3. The van der Waals surface area contributed by atoms with E-state index in [1.807, 2.05) is 38.1 Å². The molecule has 4 rings (SSSR count). The van der Waals surface area contributed by atoms with Crippen molar-refractivity contribution in [1.29, 1.82) is 0 Å². The highest BCUT2D eigenvalue weighted by molar-refractivity contribution is 6.02. The summed E-state index contributed by atoms with van der Waals surface area (Å²) in [6, 6.07) is 7.93. The second kappa shape index (κ2) is 3.35. The molecule has 1 aliphatic heterocycles. The topological polar surface area (TPSA) is 50.5 Å². The number of pyridine rings is 2. The fraction of sp³-hybridized carbons (Fsp3) is 0.200. The monoisotopic (exact) mass is 248 g/mol. The van der Waals surface area contributed by atoms with Gasteiger partial charge in [0.25, 0.3) is 0 Å². The number of aromatic nitrogens is 2. The van der Waals surface area contributed by atoms with Gasteiger partial charge in [0, 0.05) is 23.2 Å². The zero-order chi connectivity index (χ0) is 13.0. The summed E-state index contributed by atoms with van der Waals surface area (Å²) in [5.41, 5.74) is 1.39. The maximum atomic E-state index is 4.73. The zero-order valence-electron chi connectivity index (χ0n) is 10.8. The quantitative estimate of drug-likeness (QED) is 0.569. The third-order valence-corrected chi connectivity index (χ3v) is 3.35. The minimum atomic E-state index is -0.408. The van der Waals surface area contributed by atoms with E-state index in [-0.39, 0.29) is 0 Å². The molecule has 3 aromatic rings. The maximum absolute atomic E-state index is 4.73. The van der Waals surface area contributed by atoms with Crippen molar-refractivity contribution in [2.45, 2.75) is 19.5 Å². The lowest BCUT2D eigenvalue weighted by Gasteiger charge is -2.07. The molecule has 92 valence electrons. The third-order valence-electron chi connectivity index (χ3n) is 3.35. The summed E-state index contributed by atoms with van der Waals surface area (Å²) in [4.78, 5) is 18.4. The van der Waals surface area contributed by atoms with Crippen molar-refractivity contribution in [3.63, 3.8) is 0 Å². The van der Waals surface area contributed by atoms with E-state index in [9.17, 15) is 0 Å². The van der Waals surface area contributed by atoms with Gasteiger partial charge in [0.2, 0.25) is 0 Å². The van der Waals surface area contributed by atoms with Crippen LogP contribution in [0.4, 0.5) is 0 Å². The van der Waals surface area contributed by atoms with Crippen molar-refractivity contribution in [3.05, 3.63) is 47.4 Å². The van der Waals surface area contributed by atoms with Gasteiger partial charge in [-0.25, -0.2) is 0 Å². The average molecular weight is 248 g/mol. The molecule has 0 amide bonds. The Hall–Kier alpha value is -2.36. The van der Waals surface area contributed by atoms with Crippen molar-refractivity contribution in [2.75, 3.05) is 0 Å². The fourth-order valence-corrected chi connectivity index (χ4v) is 2.62. The molecule has 19 heavy (non-hydrogen) atoms. The van der Waals surface area contributed by atoms with Crippen LogP contribution < -0.4 is 10.7 Å². The van der Waals surface area contributed by atoms with Gasteiger partial charge < -0.3 is 0 Å². The molecule has 0 atom stereocenters. The Kier molecular flexibility index (Phi) is 1.86. The van der Waals surface area contributed by atoms with E-state index >= 15 is 0 Å².